The van der Waals surface area contributed by atoms with Crippen molar-refractivity contribution < 1.29 is 0 Å². The fourth-order valence-electron chi connectivity index (χ4n) is 4.81. The Morgan fingerprint density at radius 2 is 1.72 bits per heavy atom. The summed E-state index contributed by atoms with van der Waals surface area (Å²) in [5.41, 5.74) is 2.03. The molecule has 2 aliphatic carbocycles. The minimum absolute atomic E-state index is 0.295. The monoisotopic (exact) mass is 251 g/mol. The summed E-state index contributed by atoms with van der Waals surface area (Å²) in [4.78, 5) is 0. The first-order chi connectivity index (χ1) is 8.08. The van der Waals surface area contributed by atoms with Crippen molar-refractivity contribution in [1.29, 1.82) is 0 Å². The van der Waals surface area contributed by atoms with E-state index in [1.165, 1.54) is 32.1 Å². The van der Waals surface area contributed by atoms with Crippen LogP contribution in [-0.4, -0.2) is 12.6 Å². The van der Waals surface area contributed by atoms with E-state index in [0.717, 1.165) is 5.92 Å². The lowest BCUT2D eigenvalue weighted by Gasteiger charge is -2.59. The summed E-state index contributed by atoms with van der Waals surface area (Å²) in [7, 11) is 2.09. The van der Waals surface area contributed by atoms with Gasteiger partial charge in [0, 0.05) is 5.54 Å². The number of nitrogens with one attached hydrogen (secondary N) is 1. The number of fused-ring (bicyclic) bond motifs is 1. The second-order valence-corrected chi connectivity index (χ2v) is 8.71. The molecule has 0 heterocycles. The Morgan fingerprint density at radius 3 is 2.11 bits per heavy atom. The molecule has 2 rings (SSSR count). The standard InChI is InChI=1S/C17H33N/c1-14(2)12-13(8-9-15(3,4)18-7)16(5)10-11-17(14,16)6/h13,18H,8-12H2,1-7H3. The Labute approximate surface area is 114 Å². The van der Waals surface area contributed by atoms with Gasteiger partial charge in [0.1, 0.15) is 0 Å². The first-order valence-corrected chi connectivity index (χ1v) is 7.77. The van der Waals surface area contributed by atoms with E-state index in [-0.39, 0.29) is 0 Å². The Kier molecular flexibility index (Phi) is 3.17. The predicted molar refractivity (Wildman–Crippen MR) is 79.7 cm³/mol. The molecule has 0 aromatic carbocycles. The fourth-order valence-corrected chi connectivity index (χ4v) is 4.81. The highest BCUT2D eigenvalue weighted by atomic mass is 14.9. The van der Waals surface area contributed by atoms with Crippen molar-refractivity contribution in [2.24, 2.45) is 22.2 Å². The van der Waals surface area contributed by atoms with Crippen LogP contribution in [0.2, 0.25) is 0 Å². The SMILES string of the molecule is CNC(C)(C)CCC1CC(C)(C)C2(C)CCC12C. The lowest BCUT2D eigenvalue weighted by molar-refractivity contribution is -0.102. The molecule has 0 spiro atoms. The van der Waals surface area contributed by atoms with Gasteiger partial charge in [-0.1, -0.05) is 27.7 Å². The van der Waals surface area contributed by atoms with Gasteiger partial charge in [-0.3, -0.25) is 0 Å². The first kappa shape index (κ1) is 14.4. The average molecular weight is 251 g/mol. The predicted octanol–water partition coefficient (Wildman–Crippen LogP) is 4.62. The third-order valence-corrected chi connectivity index (χ3v) is 7.35. The van der Waals surface area contributed by atoms with Gasteiger partial charge < -0.3 is 5.32 Å². The average Bonchev–Trinajstić information content (AvgIpc) is 2.38. The zero-order valence-electron chi connectivity index (χ0n) is 13.6. The van der Waals surface area contributed by atoms with Gasteiger partial charge >= 0.3 is 0 Å². The molecule has 0 aromatic rings. The minimum Gasteiger partial charge on any atom is -0.315 e. The highest BCUT2D eigenvalue weighted by molar-refractivity contribution is 5.16. The Bertz CT molecular complexity index is 331. The van der Waals surface area contributed by atoms with Crippen molar-refractivity contribution in [3.05, 3.63) is 0 Å². The largest absolute Gasteiger partial charge is 0.315 e. The van der Waals surface area contributed by atoms with E-state index >= 15 is 0 Å². The van der Waals surface area contributed by atoms with Crippen LogP contribution in [0.15, 0.2) is 0 Å². The maximum absolute atomic E-state index is 3.45. The second kappa shape index (κ2) is 3.98. The van der Waals surface area contributed by atoms with Gasteiger partial charge in [0.2, 0.25) is 0 Å². The molecule has 106 valence electrons. The summed E-state index contributed by atoms with van der Waals surface area (Å²) in [5.74, 6) is 0.930. The maximum Gasteiger partial charge on any atom is 0.0122 e. The highest BCUT2D eigenvalue weighted by Gasteiger charge is 2.67. The molecule has 18 heavy (non-hydrogen) atoms. The van der Waals surface area contributed by atoms with Crippen LogP contribution < -0.4 is 5.32 Å². The molecule has 3 unspecified atom stereocenters. The molecule has 1 N–H and O–H groups in total. The van der Waals surface area contributed by atoms with E-state index in [1.807, 2.05) is 0 Å². The molecule has 0 bridgehead atoms. The summed E-state index contributed by atoms with van der Waals surface area (Å²) in [6.45, 7) is 14.8. The van der Waals surface area contributed by atoms with E-state index in [2.05, 4.69) is 53.9 Å². The zero-order valence-corrected chi connectivity index (χ0v) is 13.6. The van der Waals surface area contributed by atoms with Gasteiger partial charge in [-0.2, -0.15) is 0 Å². The van der Waals surface area contributed by atoms with Crippen molar-refractivity contribution in [3.63, 3.8) is 0 Å². The van der Waals surface area contributed by atoms with Crippen LogP contribution in [0.4, 0.5) is 0 Å². The molecule has 2 aliphatic rings. The van der Waals surface area contributed by atoms with Gasteiger partial charge in [0.25, 0.3) is 0 Å². The highest BCUT2D eigenvalue weighted by Crippen LogP contribution is 2.76. The van der Waals surface area contributed by atoms with Crippen LogP contribution in [0.5, 0.6) is 0 Å². The smallest absolute Gasteiger partial charge is 0.0122 e. The molecular formula is C17H33N. The zero-order chi connectivity index (χ0) is 13.8. The van der Waals surface area contributed by atoms with Crippen LogP contribution in [0, 0.1) is 22.2 Å². The third kappa shape index (κ3) is 1.77. The molecule has 1 nitrogen and oxygen atoms in total. The van der Waals surface area contributed by atoms with Gasteiger partial charge in [0.15, 0.2) is 0 Å². The molecular weight excluding hydrogens is 218 g/mol. The van der Waals surface area contributed by atoms with Gasteiger partial charge in [-0.15, -0.1) is 0 Å². The quantitative estimate of drug-likeness (QED) is 0.769. The van der Waals surface area contributed by atoms with Crippen LogP contribution in [0.25, 0.3) is 0 Å². The molecule has 3 atom stereocenters. The molecule has 0 radical (unpaired) electrons. The van der Waals surface area contributed by atoms with Crippen molar-refractivity contribution >= 4 is 0 Å². The maximum atomic E-state index is 3.45. The minimum atomic E-state index is 0.295. The third-order valence-electron chi connectivity index (χ3n) is 7.35. The van der Waals surface area contributed by atoms with E-state index in [9.17, 15) is 0 Å². The normalized spacial score (nSPS) is 42.5. The Balaban J connectivity index is 2.08. The van der Waals surface area contributed by atoms with Crippen molar-refractivity contribution in [2.75, 3.05) is 7.05 Å². The van der Waals surface area contributed by atoms with E-state index in [0.29, 0.717) is 21.8 Å². The molecule has 0 aromatic heterocycles. The Hall–Kier alpha value is -0.0400. The lowest BCUT2D eigenvalue weighted by Crippen LogP contribution is -2.51. The lowest BCUT2D eigenvalue weighted by atomic mass is 9.45. The number of hydrogen-bond donors (Lipinski definition) is 1. The number of rotatable bonds is 4. The Morgan fingerprint density at radius 1 is 1.11 bits per heavy atom. The van der Waals surface area contributed by atoms with E-state index in [1.54, 1.807) is 0 Å². The summed E-state index contributed by atoms with van der Waals surface area (Å²) >= 11 is 0. The fraction of sp³-hybridized carbons (Fsp3) is 1.00. The number of hydrogen-bond acceptors (Lipinski definition) is 1. The molecule has 0 saturated heterocycles. The van der Waals surface area contributed by atoms with Crippen LogP contribution >= 0.6 is 0 Å². The van der Waals surface area contributed by atoms with Crippen LogP contribution in [0.3, 0.4) is 0 Å². The summed E-state index contributed by atoms with van der Waals surface area (Å²) in [6, 6.07) is 0. The van der Waals surface area contributed by atoms with Crippen LogP contribution in [-0.2, 0) is 0 Å². The van der Waals surface area contributed by atoms with Gasteiger partial charge in [-0.25, -0.2) is 0 Å². The topological polar surface area (TPSA) is 12.0 Å². The first-order valence-electron chi connectivity index (χ1n) is 7.77. The second-order valence-electron chi connectivity index (χ2n) is 8.71. The molecule has 2 saturated carbocycles. The molecule has 2 fully saturated rings. The summed E-state index contributed by atoms with van der Waals surface area (Å²) in [6.07, 6.45) is 7.03. The van der Waals surface area contributed by atoms with Gasteiger partial charge in [0.05, 0.1) is 0 Å². The van der Waals surface area contributed by atoms with E-state index in [4.69, 9.17) is 0 Å². The molecule has 0 amide bonds. The summed E-state index contributed by atoms with van der Waals surface area (Å²) < 4.78 is 0. The van der Waals surface area contributed by atoms with Crippen LogP contribution in [0.1, 0.15) is 73.6 Å². The summed E-state index contributed by atoms with van der Waals surface area (Å²) in [5, 5.41) is 3.45. The van der Waals surface area contributed by atoms with Crippen molar-refractivity contribution in [2.45, 2.75) is 79.2 Å². The van der Waals surface area contributed by atoms with Crippen molar-refractivity contribution in [3.8, 4) is 0 Å². The van der Waals surface area contributed by atoms with E-state index < -0.39 is 0 Å². The molecule has 0 aliphatic heterocycles. The van der Waals surface area contributed by atoms with Gasteiger partial charge in [-0.05, 0) is 75.2 Å². The van der Waals surface area contributed by atoms with Crippen molar-refractivity contribution in [1.82, 2.24) is 5.32 Å². The molecule has 1 heteroatoms.